The van der Waals surface area contributed by atoms with E-state index >= 15 is 0 Å². The highest BCUT2D eigenvalue weighted by Gasteiger charge is 2.36. The lowest BCUT2D eigenvalue weighted by atomic mass is 9.73. The molecule has 1 aromatic carbocycles. The quantitative estimate of drug-likeness (QED) is 0.605. The molecule has 1 aromatic rings. The average molecular weight is 419 g/mol. The Labute approximate surface area is 181 Å². The van der Waals surface area contributed by atoms with Crippen molar-refractivity contribution in [3.8, 4) is 5.75 Å². The summed E-state index contributed by atoms with van der Waals surface area (Å²) in [6.45, 7) is 12.4. The van der Waals surface area contributed by atoms with Gasteiger partial charge < -0.3 is 23.8 Å². The number of morpholine rings is 1. The average Bonchev–Trinajstić information content (AvgIpc) is 3.07. The number of hydrogen-bond donors (Lipinski definition) is 0. The Kier molecular flexibility index (Phi) is 8.40. The maximum absolute atomic E-state index is 6.04. The van der Waals surface area contributed by atoms with Gasteiger partial charge in [-0.15, -0.1) is 0 Å². The highest BCUT2D eigenvalue weighted by atomic mass is 16.5. The Morgan fingerprint density at radius 1 is 0.767 bits per heavy atom. The van der Waals surface area contributed by atoms with Crippen LogP contribution in [0.25, 0.3) is 0 Å². The zero-order chi connectivity index (χ0) is 20.5. The van der Waals surface area contributed by atoms with Gasteiger partial charge in [-0.2, -0.15) is 0 Å². The molecule has 3 fully saturated rings. The molecule has 0 amide bonds. The third-order valence-corrected chi connectivity index (χ3v) is 6.75. The van der Waals surface area contributed by atoms with Crippen molar-refractivity contribution in [3.63, 3.8) is 0 Å². The van der Waals surface area contributed by atoms with Gasteiger partial charge in [0.2, 0.25) is 0 Å². The Balaban J connectivity index is 1.29. The van der Waals surface area contributed by atoms with Gasteiger partial charge in [0.05, 0.1) is 26.4 Å². The van der Waals surface area contributed by atoms with E-state index in [4.69, 9.17) is 18.9 Å². The second-order valence-electron chi connectivity index (χ2n) is 8.82. The molecule has 0 spiro atoms. The first-order valence-electron chi connectivity index (χ1n) is 11.8. The standard InChI is InChI=1S/C24H38N2O4/c1-9-25(11-18-27-14-1)10-2-15-30-23-5-3-22(4-6-23)24(7-16-28-17-8-24)21-26-12-19-29-20-13-26/h3-6H,1-2,7-21H2. The maximum atomic E-state index is 6.04. The van der Waals surface area contributed by atoms with Gasteiger partial charge in [0.15, 0.2) is 0 Å². The van der Waals surface area contributed by atoms with Crippen LogP contribution in [0.1, 0.15) is 31.2 Å². The summed E-state index contributed by atoms with van der Waals surface area (Å²) in [5.74, 6) is 0.978. The highest BCUT2D eigenvalue weighted by Crippen LogP contribution is 2.36. The van der Waals surface area contributed by atoms with Crippen LogP contribution in [0, 0.1) is 0 Å². The highest BCUT2D eigenvalue weighted by molar-refractivity contribution is 5.33. The summed E-state index contributed by atoms with van der Waals surface area (Å²) in [6.07, 6.45) is 4.37. The van der Waals surface area contributed by atoms with Gasteiger partial charge in [-0.3, -0.25) is 4.90 Å². The summed E-state index contributed by atoms with van der Waals surface area (Å²) in [7, 11) is 0. The summed E-state index contributed by atoms with van der Waals surface area (Å²) < 4.78 is 22.8. The van der Waals surface area contributed by atoms with Crippen LogP contribution in [-0.2, 0) is 19.6 Å². The van der Waals surface area contributed by atoms with Crippen molar-refractivity contribution in [3.05, 3.63) is 29.8 Å². The van der Waals surface area contributed by atoms with E-state index in [1.807, 2.05) is 0 Å². The summed E-state index contributed by atoms with van der Waals surface area (Å²) in [6, 6.07) is 8.89. The molecule has 6 nitrogen and oxygen atoms in total. The lowest BCUT2D eigenvalue weighted by molar-refractivity contribution is -0.00119. The van der Waals surface area contributed by atoms with Crippen LogP contribution in [0.3, 0.4) is 0 Å². The van der Waals surface area contributed by atoms with Gasteiger partial charge in [-0.1, -0.05) is 12.1 Å². The molecule has 0 N–H and O–H groups in total. The zero-order valence-electron chi connectivity index (χ0n) is 18.4. The third kappa shape index (κ3) is 6.17. The Morgan fingerprint density at radius 3 is 2.20 bits per heavy atom. The third-order valence-electron chi connectivity index (χ3n) is 6.75. The van der Waals surface area contributed by atoms with E-state index in [9.17, 15) is 0 Å². The molecule has 168 valence electrons. The summed E-state index contributed by atoms with van der Waals surface area (Å²) >= 11 is 0. The molecular weight excluding hydrogens is 380 g/mol. The summed E-state index contributed by atoms with van der Waals surface area (Å²) in [4.78, 5) is 5.05. The second kappa shape index (κ2) is 11.4. The fraction of sp³-hybridized carbons (Fsp3) is 0.750. The lowest BCUT2D eigenvalue weighted by Crippen LogP contribution is -2.48. The molecule has 0 saturated carbocycles. The van der Waals surface area contributed by atoms with E-state index in [0.29, 0.717) is 0 Å². The van der Waals surface area contributed by atoms with E-state index < -0.39 is 0 Å². The van der Waals surface area contributed by atoms with Crippen molar-refractivity contribution in [1.29, 1.82) is 0 Å². The minimum Gasteiger partial charge on any atom is -0.494 e. The molecule has 0 aliphatic carbocycles. The summed E-state index contributed by atoms with van der Waals surface area (Å²) in [5, 5.41) is 0. The van der Waals surface area contributed by atoms with Crippen molar-refractivity contribution < 1.29 is 18.9 Å². The first kappa shape index (κ1) is 22.0. The topological polar surface area (TPSA) is 43.4 Å². The van der Waals surface area contributed by atoms with Crippen molar-refractivity contribution >= 4 is 0 Å². The lowest BCUT2D eigenvalue weighted by Gasteiger charge is -2.42. The molecular formula is C24H38N2O4. The van der Waals surface area contributed by atoms with Gasteiger partial charge in [0, 0.05) is 64.5 Å². The molecule has 30 heavy (non-hydrogen) atoms. The molecule has 3 heterocycles. The maximum Gasteiger partial charge on any atom is 0.119 e. The van der Waals surface area contributed by atoms with Crippen LogP contribution in [0.4, 0.5) is 0 Å². The minimum atomic E-state index is 0.183. The molecule has 0 bridgehead atoms. The fourth-order valence-electron chi connectivity index (χ4n) is 4.89. The van der Waals surface area contributed by atoms with Crippen LogP contribution >= 0.6 is 0 Å². The Bertz CT molecular complexity index is 604. The van der Waals surface area contributed by atoms with Crippen LogP contribution < -0.4 is 4.74 Å². The van der Waals surface area contributed by atoms with E-state index in [-0.39, 0.29) is 5.41 Å². The van der Waals surface area contributed by atoms with E-state index in [1.165, 1.54) is 5.56 Å². The number of ether oxygens (including phenoxy) is 4. The van der Waals surface area contributed by atoms with Crippen LogP contribution in [0.2, 0.25) is 0 Å². The van der Waals surface area contributed by atoms with E-state index in [0.717, 1.165) is 117 Å². The number of rotatable bonds is 8. The molecule has 3 aliphatic rings. The monoisotopic (exact) mass is 418 g/mol. The predicted molar refractivity (Wildman–Crippen MR) is 117 cm³/mol. The number of benzene rings is 1. The van der Waals surface area contributed by atoms with E-state index in [2.05, 4.69) is 34.1 Å². The molecule has 0 unspecified atom stereocenters. The van der Waals surface area contributed by atoms with Crippen molar-refractivity contribution in [1.82, 2.24) is 9.80 Å². The predicted octanol–water partition coefficient (Wildman–Crippen LogP) is 2.56. The molecule has 0 aromatic heterocycles. The van der Waals surface area contributed by atoms with Crippen molar-refractivity contribution in [2.75, 3.05) is 85.5 Å². The SMILES string of the molecule is c1cc(C2(CN3CCOCC3)CCOCC2)ccc1OCCCN1CCCOCC1. The van der Waals surface area contributed by atoms with Crippen LogP contribution in [0.15, 0.2) is 24.3 Å². The largest absolute Gasteiger partial charge is 0.494 e. The van der Waals surface area contributed by atoms with Crippen LogP contribution in [-0.4, -0.2) is 95.3 Å². The Morgan fingerprint density at radius 2 is 1.43 bits per heavy atom. The van der Waals surface area contributed by atoms with Gasteiger partial charge in [0.25, 0.3) is 0 Å². The normalized spacial score (nSPS) is 23.7. The van der Waals surface area contributed by atoms with Gasteiger partial charge >= 0.3 is 0 Å². The second-order valence-corrected chi connectivity index (χ2v) is 8.82. The zero-order valence-corrected chi connectivity index (χ0v) is 18.4. The smallest absolute Gasteiger partial charge is 0.119 e. The molecule has 0 atom stereocenters. The molecule has 4 rings (SSSR count). The molecule has 0 radical (unpaired) electrons. The molecule has 6 heteroatoms. The Hall–Kier alpha value is -1.18. The summed E-state index contributed by atoms with van der Waals surface area (Å²) in [5.41, 5.74) is 1.61. The fourth-order valence-corrected chi connectivity index (χ4v) is 4.89. The van der Waals surface area contributed by atoms with Crippen molar-refractivity contribution in [2.45, 2.75) is 31.1 Å². The number of nitrogens with zero attached hydrogens (tertiary/aromatic N) is 2. The van der Waals surface area contributed by atoms with Gasteiger partial charge in [-0.05, 0) is 43.4 Å². The van der Waals surface area contributed by atoms with Gasteiger partial charge in [0.1, 0.15) is 5.75 Å². The first-order chi connectivity index (χ1) is 14.8. The minimum absolute atomic E-state index is 0.183. The van der Waals surface area contributed by atoms with Crippen LogP contribution in [0.5, 0.6) is 5.75 Å². The first-order valence-corrected chi connectivity index (χ1v) is 11.8. The number of hydrogen-bond acceptors (Lipinski definition) is 6. The van der Waals surface area contributed by atoms with E-state index in [1.54, 1.807) is 0 Å². The molecule has 3 saturated heterocycles. The van der Waals surface area contributed by atoms with Gasteiger partial charge in [-0.25, -0.2) is 0 Å². The van der Waals surface area contributed by atoms with Crippen molar-refractivity contribution in [2.24, 2.45) is 0 Å². The molecule has 3 aliphatic heterocycles.